The average Bonchev–Trinajstić information content (AvgIpc) is 3.32. The maximum Gasteiger partial charge on any atom is 0.420 e. The van der Waals surface area contributed by atoms with Crippen LogP contribution < -0.4 is 11.1 Å². The van der Waals surface area contributed by atoms with Crippen molar-refractivity contribution in [2.24, 2.45) is 11.7 Å². The van der Waals surface area contributed by atoms with Crippen LogP contribution >= 0.6 is 0 Å². The topological polar surface area (TPSA) is 112 Å². The Balaban J connectivity index is 1.74. The fourth-order valence-electron chi connectivity index (χ4n) is 4.00. The zero-order chi connectivity index (χ0) is 24.8. The van der Waals surface area contributed by atoms with Crippen molar-refractivity contribution in [2.45, 2.75) is 50.2 Å². The number of amides is 2. The molecule has 2 aromatic rings. The summed E-state index contributed by atoms with van der Waals surface area (Å²) >= 11 is 0. The van der Waals surface area contributed by atoms with Gasteiger partial charge in [0, 0.05) is 36.9 Å². The van der Waals surface area contributed by atoms with E-state index in [1.54, 1.807) is 0 Å². The van der Waals surface area contributed by atoms with Crippen molar-refractivity contribution in [1.82, 2.24) is 14.8 Å². The number of carbonyl (C=O) groups is 2. The molecular weight excluding hydrogens is 472 g/mol. The molecule has 0 unspecified atom stereocenters. The predicted octanol–water partition coefficient (Wildman–Crippen LogP) is 3.49. The molecule has 2 aliphatic rings. The summed E-state index contributed by atoms with van der Waals surface area (Å²) in [5.74, 6) is -3.92. The van der Waals surface area contributed by atoms with Crippen LogP contribution in [-0.4, -0.2) is 45.5 Å². The molecule has 0 spiro atoms. The minimum atomic E-state index is -4.98. The van der Waals surface area contributed by atoms with E-state index < -0.39 is 59.9 Å². The summed E-state index contributed by atoms with van der Waals surface area (Å²) in [4.78, 5) is 28.0. The van der Waals surface area contributed by atoms with Crippen LogP contribution in [0.15, 0.2) is 18.3 Å². The van der Waals surface area contributed by atoms with Gasteiger partial charge >= 0.3 is 12.4 Å². The number of halogens is 6. The first-order valence-electron chi connectivity index (χ1n) is 10.3. The number of primary amides is 1. The third-order valence-corrected chi connectivity index (χ3v) is 5.66. The molecule has 3 N–H and O–H groups in total. The molecule has 2 fully saturated rings. The van der Waals surface area contributed by atoms with Crippen molar-refractivity contribution < 1.29 is 40.7 Å². The molecule has 4 rings (SSSR count). The summed E-state index contributed by atoms with van der Waals surface area (Å²) in [6.45, 7) is -0.808. The van der Waals surface area contributed by atoms with Crippen molar-refractivity contribution in [3.63, 3.8) is 0 Å². The number of nitrogens with zero attached hydrogens (tertiary/aromatic N) is 3. The fraction of sp³-hybridized carbons (Fsp3) is 0.500. The number of rotatable bonds is 6. The number of nitrogens with one attached hydrogen (secondary N) is 1. The molecule has 2 aromatic heterocycles. The van der Waals surface area contributed by atoms with Crippen LogP contribution in [0, 0.1) is 5.92 Å². The highest BCUT2D eigenvalue weighted by Crippen LogP contribution is 2.47. The van der Waals surface area contributed by atoms with Gasteiger partial charge < -0.3 is 15.8 Å². The second-order valence-electron chi connectivity index (χ2n) is 8.19. The lowest BCUT2D eigenvalue weighted by Gasteiger charge is -2.22. The fourth-order valence-corrected chi connectivity index (χ4v) is 4.00. The van der Waals surface area contributed by atoms with Crippen LogP contribution in [0.5, 0.6) is 0 Å². The maximum atomic E-state index is 14.0. The van der Waals surface area contributed by atoms with E-state index >= 15 is 0 Å². The molecule has 14 heteroatoms. The average molecular weight is 491 g/mol. The number of carbonyl (C=O) groups excluding carboxylic acids is 2. The molecular formula is C20H19F6N5O3. The van der Waals surface area contributed by atoms with E-state index in [-0.39, 0.29) is 30.1 Å². The van der Waals surface area contributed by atoms with Crippen LogP contribution in [0.4, 0.5) is 32.0 Å². The Morgan fingerprint density at radius 2 is 1.88 bits per heavy atom. The predicted molar refractivity (Wildman–Crippen MR) is 104 cm³/mol. The van der Waals surface area contributed by atoms with Crippen molar-refractivity contribution in [3.05, 3.63) is 41.0 Å². The number of hydrogen-bond donors (Lipinski definition) is 2. The second kappa shape index (κ2) is 8.56. The SMILES string of the molecule is NC(=O)c1cc(NC(=O)c2c(C(F)(F)F)c(C3CC3)nn2C[C@@H]2CCO[C@@H]2C(F)(F)F)ccn1. The number of pyridine rings is 1. The highest BCUT2D eigenvalue weighted by molar-refractivity contribution is 6.05. The van der Waals surface area contributed by atoms with Crippen LogP contribution in [0.25, 0.3) is 0 Å². The first kappa shape index (κ1) is 24.0. The molecule has 1 aliphatic heterocycles. The minimum absolute atomic E-state index is 0.0580. The van der Waals surface area contributed by atoms with Crippen molar-refractivity contribution in [3.8, 4) is 0 Å². The highest BCUT2D eigenvalue weighted by atomic mass is 19.4. The van der Waals surface area contributed by atoms with Crippen molar-refractivity contribution in [2.75, 3.05) is 11.9 Å². The molecule has 34 heavy (non-hydrogen) atoms. The van der Waals surface area contributed by atoms with Gasteiger partial charge in [-0.05, 0) is 31.4 Å². The van der Waals surface area contributed by atoms with Gasteiger partial charge in [0.25, 0.3) is 11.8 Å². The lowest BCUT2D eigenvalue weighted by atomic mass is 10.0. The zero-order valence-electron chi connectivity index (χ0n) is 17.4. The Morgan fingerprint density at radius 3 is 2.47 bits per heavy atom. The molecule has 1 aliphatic carbocycles. The Bertz CT molecular complexity index is 1110. The molecule has 8 nitrogen and oxygen atoms in total. The zero-order valence-corrected chi connectivity index (χ0v) is 17.4. The van der Waals surface area contributed by atoms with Gasteiger partial charge in [0.15, 0.2) is 6.10 Å². The number of nitrogens with two attached hydrogens (primary N) is 1. The van der Waals surface area contributed by atoms with Crippen LogP contribution in [0.1, 0.15) is 57.4 Å². The first-order chi connectivity index (χ1) is 15.9. The quantitative estimate of drug-likeness (QED) is 0.601. The monoisotopic (exact) mass is 491 g/mol. The molecule has 0 bridgehead atoms. The lowest BCUT2D eigenvalue weighted by Crippen LogP contribution is -2.36. The number of alkyl halides is 6. The molecule has 2 amide bonds. The Morgan fingerprint density at radius 1 is 1.18 bits per heavy atom. The van der Waals surface area contributed by atoms with E-state index in [1.165, 1.54) is 6.07 Å². The second-order valence-corrected chi connectivity index (χ2v) is 8.19. The van der Waals surface area contributed by atoms with E-state index in [2.05, 4.69) is 15.4 Å². The minimum Gasteiger partial charge on any atom is -0.368 e. The van der Waals surface area contributed by atoms with E-state index in [4.69, 9.17) is 10.5 Å². The molecule has 2 atom stereocenters. The Kier molecular flexibility index (Phi) is 6.04. The smallest absolute Gasteiger partial charge is 0.368 e. The maximum absolute atomic E-state index is 14.0. The Hall–Kier alpha value is -3.16. The molecule has 184 valence electrons. The standard InChI is InChI=1S/C20H19F6N5O3/c21-19(22,23)13-14(9-1-2-9)30-31(8-10-4-6-34-16(10)20(24,25)26)15(13)18(33)29-11-3-5-28-12(7-11)17(27)32/h3,5,7,9-10,16H,1-2,4,6,8H2,(H2,27,32)(H,28,29,33)/t10-,16-/m0/s1. The molecule has 0 aromatic carbocycles. The van der Waals surface area contributed by atoms with E-state index in [9.17, 15) is 35.9 Å². The summed E-state index contributed by atoms with van der Waals surface area (Å²) in [5.41, 5.74) is 2.27. The van der Waals surface area contributed by atoms with Gasteiger partial charge in [-0.2, -0.15) is 31.4 Å². The summed E-state index contributed by atoms with van der Waals surface area (Å²) in [5, 5.41) is 6.20. The van der Waals surface area contributed by atoms with Crippen molar-refractivity contribution >= 4 is 17.5 Å². The molecule has 1 saturated carbocycles. The normalized spacial score (nSPS) is 21.0. The van der Waals surface area contributed by atoms with Crippen LogP contribution in [-0.2, 0) is 17.5 Å². The van der Waals surface area contributed by atoms with E-state index in [1.807, 2.05) is 0 Å². The third kappa shape index (κ3) is 4.86. The Labute approximate surface area is 188 Å². The van der Waals surface area contributed by atoms with E-state index in [0.717, 1.165) is 12.3 Å². The third-order valence-electron chi connectivity index (χ3n) is 5.66. The van der Waals surface area contributed by atoms with Crippen molar-refractivity contribution in [1.29, 1.82) is 0 Å². The van der Waals surface area contributed by atoms with Gasteiger partial charge in [0.2, 0.25) is 0 Å². The largest absolute Gasteiger partial charge is 0.420 e. The summed E-state index contributed by atoms with van der Waals surface area (Å²) in [7, 11) is 0. The molecule has 1 saturated heterocycles. The van der Waals surface area contributed by atoms with Gasteiger partial charge in [-0.25, -0.2) is 0 Å². The summed E-state index contributed by atoms with van der Waals surface area (Å²) < 4.78 is 87.6. The van der Waals surface area contributed by atoms with Gasteiger partial charge in [-0.1, -0.05) is 0 Å². The summed E-state index contributed by atoms with van der Waals surface area (Å²) in [6, 6.07) is 2.30. The van der Waals surface area contributed by atoms with Crippen LogP contribution in [0.3, 0.4) is 0 Å². The van der Waals surface area contributed by atoms with Gasteiger partial charge in [0.1, 0.15) is 17.0 Å². The first-order valence-corrected chi connectivity index (χ1v) is 10.3. The van der Waals surface area contributed by atoms with Gasteiger partial charge in [0.05, 0.1) is 5.69 Å². The number of aromatic nitrogens is 3. The van der Waals surface area contributed by atoms with Gasteiger partial charge in [-0.3, -0.25) is 19.3 Å². The lowest BCUT2D eigenvalue weighted by molar-refractivity contribution is -0.217. The molecule has 3 heterocycles. The highest BCUT2D eigenvalue weighted by Gasteiger charge is 2.50. The van der Waals surface area contributed by atoms with Crippen LogP contribution in [0.2, 0.25) is 0 Å². The van der Waals surface area contributed by atoms with Gasteiger partial charge in [-0.15, -0.1) is 0 Å². The number of anilines is 1. The number of hydrogen-bond acceptors (Lipinski definition) is 5. The number of ether oxygens (including phenoxy) is 1. The van der Waals surface area contributed by atoms with E-state index in [0.29, 0.717) is 17.5 Å². The molecule has 0 radical (unpaired) electrons. The summed E-state index contributed by atoms with van der Waals surface area (Å²) in [6.07, 6.45) is -9.96.